The summed E-state index contributed by atoms with van der Waals surface area (Å²) in [5.41, 5.74) is 1.88. The summed E-state index contributed by atoms with van der Waals surface area (Å²) in [6.07, 6.45) is 1.10. The van der Waals surface area contributed by atoms with Gasteiger partial charge < -0.3 is 10.2 Å². The van der Waals surface area contributed by atoms with Crippen molar-refractivity contribution in [3.63, 3.8) is 0 Å². The third-order valence-corrected chi connectivity index (χ3v) is 8.67. The van der Waals surface area contributed by atoms with Crippen LogP contribution in [0.25, 0.3) is 0 Å². The van der Waals surface area contributed by atoms with E-state index < -0.39 is 28.5 Å². The predicted molar refractivity (Wildman–Crippen MR) is 156 cm³/mol. The summed E-state index contributed by atoms with van der Waals surface area (Å²) in [5.74, 6) is -0.763. The van der Waals surface area contributed by atoms with E-state index in [1.165, 1.54) is 17.0 Å². The Morgan fingerprint density at radius 3 is 2.10 bits per heavy atom. The summed E-state index contributed by atoms with van der Waals surface area (Å²) < 4.78 is 28.8. The topological polar surface area (TPSA) is 86.8 Å². The number of hydrogen-bond donors (Lipinski definition) is 1. The van der Waals surface area contributed by atoms with E-state index in [-0.39, 0.29) is 23.4 Å². The third-order valence-electron chi connectivity index (χ3n) is 6.65. The van der Waals surface area contributed by atoms with E-state index in [9.17, 15) is 18.0 Å². The van der Waals surface area contributed by atoms with E-state index in [1.807, 2.05) is 26.8 Å². The molecular weight excluding hydrogens is 534 g/mol. The van der Waals surface area contributed by atoms with E-state index >= 15 is 0 Å². The van der Waals surface area contributed by atoms with Crippen molar-refractivity contribution in [3.05, 3.63) is 95.0 Å². The average molecular weight is 570 g/mol. The molecule has 9 heteroatoms. The van der Waals surface area contributed by atoms with Gasteiger partial charge in [-0.1, -0.05) is 74.0 Å². The first-order valence-corrected chi connectivity index (χ1v) is 14.9. The van der Waals surface area contributed by atoms with Crippen LogP contribution in [-0.2, 0) is 26.2 Å². The van der Waals surface area contributed by atoms with Crippen molar-refractivity contribution in [2.24, 2.45) is 0 Å². The van der Waals surface area contributed by atoms with Crippen LogP contribution in [0.5, 0.6) is 0 Å². The molecule has 7 nitrogen and oxygen atoms in total. The number of benzene rings is 3. The molecule has 3 rings (SSSR count). The molecule has 0 radical (unpaired) electrons. The summed E-state index contributed by atoms with van der Waals surface area (Å²) in [6.45, 7) is 7.16. The lowest BCUT2D eigenvalue weighted by Gasteiger charge is -2.34. The number of sulfonamides is 1. The number of hydrogen-bond acceptors (Lipinski definition) is 4. The van der Waals surface area contributed by atoms with Gasteiger partial charge >= 0.3 is 0 Å². The maximum atomic E-state index is 14.1. The zero-order valence-corrected chi connectivity index (χ0v) is 24.4. The molecule has 39 heavy (non-hydrogen) atoms. The lowest BCUT2D eigenvalue weighted by molar-refractivity contribution is -0.140. The molecule has 0 aliphatic heterocycles. The molecular formula is C30H36ClN3O4S. The molecule has 0 saturated carbocycles. The quantitative estimate of drug-likeness (QED) is 0.309. The number of carbonyl (C=O) groups excluding carboxylic acids is 2. The van der Waals surface area contributed by atoms with Crippen LogP contribution in [0.4, 0.5) is 5.69 Å². The van der Waals surface area contributed by atoms with Gasteiger partial charge in [0.05, 0.1) is 10.6 Å². The van der Waals surface area contributed by atoms with Gasteiger partial charge in [-0.3, -0.25) is 13.9 Å². The summed E-state index contributed by atoms with van der Waals surface area (Å²) in [7, 11) is -4.09. The van der Waals surface area contributed by atoms with E-state index in [2.05, 4.69) is 5.32 Å². The van der Waals surface area contributed by atoms with E-state index in [1.54, 1.807) is 67.6 Å². The molecule has 0 heterocycles. The fourth-order valence-corrected chi connectivity index (χ4v) is 5.85. The number of rotatable bonds is 12. The Balaban J connectivity index is 2.05. The van der Waals surface area contributed by atoms with Crippen LogP contribution in [0.1, 0.15) is 44.7 Å². The minimum absolute atomic E-state index is 0.0686. The highest BCUT2D eigenvalue weighted by molar-refractivity contribution is 7.92. The maximum Gasteiger partial charge on any atom is 0.264 e. The smallest absolute Gasteiger partial charge is 0.264 e. The van der Waals surface area contributed by atoms with E-state index in [0.717, 1.165) is 16.3 Å². The number of aryl methyl sites for hydroxylation is 1. The minimum atomic E-state index is -4.09. The Kier molecular flexibility index (Phi) is 10.5. The van der Waals surface area contributed by atoms with Crippen LogP contribution in [0.3, 0.4) is 0 Å². The second-order valence-corrected chi connectivity index (χ2v) is 11.8. The first kappa shape index (κ1) is 30.2. The fourth-order valence-electron chi connectivity index (χ4n) is 4.22. The Labute approximate surface area is 236 Å². The fraction of sp³-hybridized carbons (Fsp3) is 0.333. The standard InChI is InChI=1S/C30H36ClN3O4S/c1-5-23(4)32-30(36)27(6-2)33(20-24-16-18-25(31)19-17-24)29(35)21-34(28-15-11-10-12-22(28)3)39(37,38)26-13-8-7-9-14-26/h7-19,23,27H,5-6,20-21H2,1-4H3,(H,32,36)/t23-,27-/m1/s1. The molecule has 3 aromatic rings. The lowest BCUT2D eigenvalue weighted by Crippen LogP contribution is -2.53. The van der Waals surface area contributed by atoms with Crippen molar-refractivity contribution in [2.45, 2.75) is 64.1 Å². The molecule has 0 fully saturated rings. The minimum Gasteiger partial charge on any atom is -0.352 e. The van der Waals surface area contributed by atoms with E-state index in [0.29, 0.717) is 22.7 Å². The van der Waals surface area contributed by atoms with Gasteiger partial charge in [0.2, 0.25) is 11.8 Å². The number of amides is 2. The van der Waals surface area contributed by atoms with Crippen LogP contribution in [0, 0.1) is 6.92 Å². The molecule has 3 aromatic carbocycles. The van der Waals surface area contributed by atoms with E-state index in [4.69, 9.17) is 11.6 Å². The normalized spacial score (nSPS) is 12.8. The molecule has 0 aliphatic carbocycles. The summed E-state index contributed by atoms with van der Waals surface area (Å²) in [4.78, 5) is 28.9. The molecule has 0 spiro atoms. The summed E-state index contributed by atoms with van der Waals surface area (Å²) in [5, 5.41) is 3.53. The first-order valence-electron chi connectivity index (χ1n) is 13.1. The zero-order valence-electron chi connectivity index (χ0n) is 22.8. The molecule has 0 saturated heterocycles. The van der Waals surface area contributed by atoms with Crippen molar-refractivity contribution in [1.29, 1.82) is 0 Å². The van der Waals surface area contributed by atoms with Gasteiger partial charge in [-0.05, 0) is 68.1 Å². The number of nitrogens with one attached hydrogen (secondary N) is 1. The number of anilines is 1. The molecule has 0 bridgehead atoms. The summed E-state index contributed by atoms with van der Waals surface area (Å²) in [6, 6.07) is 21.2. The van der Waals surface area contributed by atoms with Gasteiger partial charge in [0.1, 0.15) is 12.6 Å². The second-order valence-electron chi connectivity index (χ2n) is 9.50. The zero-order chi connectivity index (χ0) is 28.6. The highest BCUT2D eigenvalue weighted by atomic mass is 35.5. The average Bonchev–Trinajstić information content (AvgIpc) is 2.93. The first-order chi connectivity index (χ1) is 18.6. The monoisotopic (exact) mass is 569 g/mol. The molecule has 2 amide bonds. The van der Waals surface area contributed by atoms with Gasteiger partial charge in [0.15, 0.2) is 0 Å². The van der Waals surface area contributed by atoms with Crippen molar-refractivity contribution in [3.8, 4) is 0 Å². The maximum absolute atomic E-state index is 14.1. The van der Waals surface area contributed by atoms with Crippen molar-refractivity contribution in [1.82, 2.24) is 10.2 Å². The molecule has 208 valence electrons. The van der Waals surface area contributed by atoms with Gasteiger partial charge in [0.25, 0.3) is 10.0 Å². The Morgan fingerprint density at radius 1 is 0.897 bits per heavy atom. The predicted octanol–water partition coefficient (Wildman–Crippen LogP) is 5.57. The second kappa shape index (κ2) is 13.6. The summed E-state index contributed by atoms with van der Waals surface area (Å²) >= 11 is 6.07. The van der Waals surface area contributed by atoms with Crippen molar-refractivity contribution >= 4 is 39.1 Å². The Hall–Kier alpha value is -3.36. The largest absolute Gasteiger partial charge is 0.352 e. The van der Waals surface area contributed by atoms with Crippen molar-refractivity contribution < 1.29 is 18.0 Å². The highest BCUT2D eigenvalue weighted by Gasteiger charge is 2.34. The van der Waals surface area contributed by atoms with Gasteiger partial charge in [-0.25, -0.2) is 8.42 Å². The SMILES string of the molecule is CC[C@@H](C)NC(=O)[C@@H](CC)N(Cc1ccc(Cl)cc1)C(=O)CN(c1ccccc1C)S(=O)(=O)c1ccccc1. The Bertz CT molecular complexity index is 1360. The highest BCUT2D eigenvalue weighted by Crippen LogP contribution is 2.27. The van der Waals surface area contributed by atoms with Crippen LogP contribution < -0.4 is 9.62 Å². The molecule has 0 aromatic heterocycles. The number of carbonyl (C=O) groups is 2. The van der Waals surface area contributed by atoms with Gasteiger partial charge in [0, 0.05) is 17.6 Å². The van der Waals surface area contributed by atoms with Crippen molar-refractivity contribution in [2.75, 3.05) is 10.8 Å². The van der Waals surface area contributed by atoms with Crippen LogP contribution in [0.2, 0.25) is 5.02 Å². The van der Waals surface area contributed by atoms with Gasteiger partial charge in [-0.15, -0.1) is 0 Å². The number of para-hydroxylation sites is 1. The van der Waals surface area contributed by atoms with Crippen LogP contribution >= 0.6 is 11.6 Å². The number of nitrogens with zero attached hydrogens (tertiary/aromatic N) is 2. The van der Waals surface area contributed by atoms with Gasteiger partial charge in [-0.2, -0.15) is 0 Å². The molecule has 2 atom stereocenters. The molecule has 1 N–H and O–H groups in total. The third kappa shape index (κ3) is 7.61. The van der Waals surface area contributed by atoms with Crippen LogP contribution in [-0.4, -0.2) is 43.8 Å². The number of halogens is 1. The molecule has 0 aliphatic rings. The Morgan fingerprint density at radius 2 is 1.51 bits per heavy atom. The lowest BCUT2D eigenvalue weighted by atomic mass is 10.1. The molecule has 0 unspecified atom stereocenters. The van der Waals surface area contributed by atoms with Crippen LogP contribution in [0.15, 0.2) is 83.8 Å².